The number of carbonyl (C=O) groups is 1. The molecule has 0 aliphatic rings. The Hall–Kier alpha value is -1.64. The third kappa shape index (κ3) is 3.01. The molecule has 1 aromatic carbocycles. The third-order valence-corrected chi connectivity index (χ3v) is 1.92. The minimum atomic E-state index is -0.407. The minimum absolute atomic E-state index is 0.375. The van der Waals surface area contributed by atoms with Gasteiger partial charge in [-0.3, -0.25) is 9.79 Å². The van der Waals surface area contributed by atoms with Gasteiger partial charge in [0.2, 0.25) is 5.91 Å². The Balaban J connectivity index is 2.67. The molecule has 0 aromatic heterocycles. The molecule has 0 aliphatic heterocycles. The highest BCUT2D eigenvalue weighted by Crippen LogP contribution is 1.99. The fourth-order valence-electron chi connectivity index (χ4n) is 1.10. The van der Waals surface area contributed by atoms with Crippen LogP contribution in [0.5, 0.6) is 0 Å². The van der Waals surface area contributed by atoms with Gasteiger partial charge in [-0.05, 0) is 12.0 Å². The summed E-state index contributed by atoms with van der Waals surface area (Å²) in [5.74, 6) is -0.375. The normalized spacial score (nSPS) is 12.9. The Bertz CT molecular complexity index is 319. The lowest BCUT2D eigenvalue weighted by Crippen LogP contribution is -2.26. The molecule has 3 nitrogen and oxygen atoms in total. The highest BCUT2D eigenvalue weighted by atomic mass is 16.1. The summed E-state index contributed by atoms with van der Waals surface area (Å²) in [7, 11) is 0. The number of primary amides is 1. The summed E-state index contributed by atoms with van der Waals surface area (Å²) < 4.78 is 0. The Morgan fingerprint density at radius 1 is 1.50 bits per heavy atom. The van der Waals surface area contributed by atoms with Crippen molar-refractivity contribution < 1.29 is 4.79 Å². The van der Waals surface area contributed by atoms with Crippen LogP contribution in [0.2, 0.25) is 0 Å². The Morgan fingerprint density at radius 3 is 2.64 bits per heavy atom. The third-order valence-electron chi connectivity index (χ3n) is 1.92. The van der Waals surface area contributed by atoms with E-state index in [1.807, 2.05) is 37.3 Å². The molecule has 0 heterocycles. The van der Waals surface area contributed by atoms with E-state index in [2.05, 4.69) is 4.99 Å². The highest BCUT2D eigenvalue weighted by Gasteiger charge is 2.08. The molecule has 3 heteroatoms. The number of carbonyl (C=O) groups excluding carboxylic acids is 1. The average Bonchev–Trinajstić information content (AvgIpc) is 2.20. The molecular formula is C11H14N2O. The van der Waals surface area contributed by atoms with Gasteiger partial charge in [-0.2, -0.15) is 0 Å². The first-order valence-electron chi connectivity index (χ1n) is 4.61. The molecular weight excluding hydrogens is 176 g/mol. The van der Waals surface area contributed by atoms with E-state index < -0.39 is 6.04 Å². The van der Waals surface area contributed by atoms with Crippen LogP contribution in [0, 0.1) is 0 Å². The first kappa shape index (κ1) is 10.4. The van der Waals surface area contributed by atoms with Gasteiger partial charge in [-0.1, -0.05) is 37.3 Å². The fraction of sp³-hybridized carbons (Fsp3) is 0.273. The van der Waals surface area contributed by atoms with Gasteiger partial charge in [0.05, 0.1) is 0 Å². The molecule has 1 amide bonds. The molecule has 0 radical (unpaired) electrons. The van der Waals surface area contributed by atoms with Crippen LogP contribution in [-0.2, 0) is 4.79 Å². The zero-order valence-corrected chi connectivity index (χ0v) is 8.18. The molecule has 2 N–H and O–H groups in total. The molecule has 0 saturated carbocycles. The molecule has 0 saturated heterocycles. The van der Waals surface area contributed by atoms with Crippen molar-refractivity contribution in [1.29, 1.82) is 0 Å². The van der Waals surface area contributed by atoms with Gasteiger partial charge >= 0.3 is 0 Å². The number of amides is 1. The molecule has 0 spiro atoms. The van der Waals surface area contributed by atoms with Crippen LogP contribution in [0.25, 0.3) is 0 Å². The van der Waals surface area contributed by atoms with Crippen LogP contribution in [-0.4, -0.2) is 18.2 Å². The van der Waals surface area contributed by atoms with Crippen molar-refractivity contribution in [1.82, 2.24) is 0 Å². The molecule has 0 fully saturated rings. The summed E-state index contributed by atoms with van der Waals surface area (Å²) in [6.45, 7) is 1.89. The first-order chi connectivity index (χ1) is 6.74. The smallest absolute Gasteiger partial charge is 0.242 e. The number of hydrogen-bond acceptors (Lipinski definition) is 2. The van der Waals surface area contributed by atoms with Crippen molar-refractivity contribution in [3.8, 4) is 0 Å². The molecule has 1 rings (SSSR count). The Labute approximate surface area is 83.7 Å². The predicted molar refractivity (Wildman–Crippen MR) is 57.3 cm³/mol. The Kier molecular flexibility index (Phi) is 3.85. The van der Waals surface area contributed by atoms with Gasteiger partial charge in [0.1, 0.15) is 6.04 Å². The first-order valence-corrected chi connectivity index (χ1v) is 4.61. The number of hydrogen-bond donors (Lipinski definition) is 1. The van der Waals surface area contributed by atoms with Gasteiger partial charge in [-0.15, -0.1) is 0 Å². The lowest BCUT2D eigenvalue weighted by molar-refractivity contribution is -0.119. The predicted octanol–water partition coefficient (Wildman–Crippen LogP) is 1.37. The van der Waals surface area contributed by atoms with Crippen LogP contribution in [0.4, 0.5) is 0 Å². The van der Waals surface area contributed by atoms with Gasteiger partial charge in [0, 0.05) is 6.21 Å². The minimum Gasteiger partial charge on any atom is -0.368 e. The SMILES string of the molecule is CC[C@@H](N=Cc1ccccc1)C(N)=O. The van der Waals surface area contributed by atoms with Gasteiger partial charge in [0.15, 0.2) is 0 Å². The zero-order chi connectivity index (χ0) is 10.4. The van der Waals surface area contributed by atoms with E-state index in [0.717, 1.165) is 5.56 Å². The standard InChI is InChI=1S/C11H14N2O/c1-2-10(11(12)14)13-8-9-6-4-3-5-7-9/h3-8,10H,2H2,1H3,(H2,12,14)/t10-/m1/s1. The van der Waals surface area contributed by atoms with E-state index in [-0.39, 0.29) is 5.91 Å². The van der Waals surface area contributed by atoms with Crippen LogP contribution < -0.4 is 5.73 Å². The summed E-state index contributed by atoms with van der Waals surface area (Å²) in [6.07, 6.45) is 2.32. The van der Waals surface area contributed by atoms with Gasteiger partial charge < -0.3 is 5.73 Å². The molecule has 0 aliphatic carbocycles. The van der Waals surface area contributed by atoms with E-state index in [1.54, 1.807) is 6.21 Å². The van der Waals surface area contributed by atoms with Crippen molar-refractivity contribution in [3.05, 3.63) is 35.9 Å². The van der Waals surface area contributed by atoms with Crippen LogP contribution in [0.15, 0.2) is 35.3 Å². The number of benzene rings is 1. The molecule has 0 bridgehead atoms. The maximum atomic E-state index is 10.9. The lowest BCUT2D eigenvalue weighted by atomic mass is 10.2. The second kappa shape index (κ2) is 5.17. The lowest BCUT2D eigenvalue weighted by Gasteiger charge is -2.03. The van der Waals surface area contributed by atoms with Crippen LogP contribution in [0.1, 0.15) is 18.9 Å². The molecule has 1 atom stereocenters. The average molecular weight is 190 g/mol. The van der Waals surface area contributed by atoms with Crippen molar-refractivity contribution in [2.75, 3.05) is 0 Å². The zero-order valence-electron chi connectivity index (χ0n) is 8.18. The second-order valence-electron chi connectivity index (χ2n) is 3.02. The summed E-state index contributed by atoms with van der Waals surface area (Å²) in [5.41, 5.74) is 6.14. The monoisotopic (exact) mass is 190 g/mol. The highest BCUT2D eigenvalue weighted by molar-refractivity contribution is 5.85. The number of nitrogens with zero attached hydrogens (tertiary/aromatic N) is 1. The van der Waals surface area contributed by atoms with E-state index in [4.69, 9.17) is 5.73 Å². The van der Waals surface area contributed by atoms with Crippen LogP contribution in [0.3, 0.4) is 0 Å². The quantitative estimate of drug-likeness (QED) is 0.716. The van der Waals surface area contributed by atoms with E-state index in [0.29, 0.717) is 6.42 Å². The second-order valence-corrected chi connectivity index (χ2v) is 3.02. The molecule has 1 aromatic rings. The van der Waals surface area contributed by atoms with Crippen LogP contribution >= 0.6 is 0 Å². The summed E-state index contributed by atoms with van der Waals surface area (Å²) in [5, 5.41) is 0. The van der Waals surface area contributed by atoms with Gasteiger partial charge in [0.25, 0.3) is 0 Å². The number of rotatable bonds is 4. The maximum Gasteiger partial charge on any atom is 0.242 e. The van der Waals surface area contributed by atoms with Gasteiger partial charge in [-0.25, -0.2) is 0 Å². The van der Waals surface area contributed by atoms with Crippen molar-refractivity contribution in [3.63, 3.8) is 0 Å². The van der Waals surface area contributed by atoms with Crippen molar-refractivity contribution >= 4 is 12.1 Å². The largest absolute Gasteiger partial charge is 0.368 e. The number of aliphatic imine (C=N–C) groups is 1. The topological polar surface area (TPSA) is 55.4 Å². The molecule has 14 heavy (non-hydrogen) atoms. The maximum absolute atomic E-state index is 10.9. The summed E-state index contributed by atoms with van der Waals surface area (Å²) in [4.78, 5) is 15.0. The fourth-order valence-corrected chi connectivity index (χ4v) is 1.10. The van der Waals surface area contributed by atoms with E-state index in [9.17, 15) is 4.79 Å². The van der Waals surface area contributed by atoms with E-state index >= 15 is 0 Å². The molecule has 74 valence electrons. The summed E-state index contributed by atoms with van der Waals surface area (Å²) in [6, 6.07) is 9.23. The number of nitrogens with two attached hydrogens (primary N) is 1. The van der Waals surface area contributed by atoms with Crippen molar-refractivity contribution in [2.24, 2.45) is 10.7 Å². The molecule has 0 unspecified atom stereocenters. The van der Waals surface area contributed by atoms with Crippen molar-refractivity contribution in [2.45, 2.75) is 19.4 Å². The summed E-state index contributed by atoms with van der Waals surface area (Å²) >= 11 is 0. The van der Waals surface area contributed by atoms with E-state index in [1.165, 1.54) is 0 Å². The Morgan fingerprint density at radius 2 is 2.14 bits per heavy atom.